The summed E-state index contributed by atoms with van der Waals surface area (Å²) in [4.78, 5) is 33.3. The number of aliphatic hydroxyl groups is 1. The monoisotopic (exact) mass is 290 g/mol. The Balaban J connectivity index is 3.00. The van der Waals surface area contributed by atoms with Gasteiger partial charge in [0.1, 0.15) is 6.10 Å². The van der Waals surface area contributed by atoms with E-state index in [4.69, 9.17) is 18.9 Å². The minimum atomic E-state index is -1.25. The number of ether oxygens (including phenoxy) is 4. The molecular formula is C12H18O8. The van der Waals surface area contributed by atoms with Gasteiger partial charge >= 0.3 is 17.9 Å². The summed E-state index contributed by atoms with van der Waals surface area (Å²) in [7, 11) is 0. The summed E-state index contributed by atoms with van der Waals surface area (Å²) in [6.07, 6.45) is -5.64. The van der Waals surface area contributed by atoms with E-state index in [-0.39, 0.29) is 0 Å². The first-order valence-electron chi connectivity index (χ1n) is 6.07. The van der Waals surface area contributed by atoms with Crippen LogP contribution in [0, 0.1) is 0 Å². The molecule has 8 nitrogen and oxygen atoms in total. The van der Waals surface area contributed by atoms with Gasteiger partial charge in [0.15, 0.2) is 6.10 Å². The molecule has 1 heterocycles. The maximum absolute atomic E-state index is 11.1. The van der Waals surface area contributed by atoms with Gasteiger partial charge in [-0.2, -0.15) is 0 Å². The fraction of sp³-hybridized carbons (Fsp3) is 0.750. The molecule has 5 atom stereocenters. The Bertz CT molecular complexity index is 393. The number of hydrogen-bond acceptors (Lipinski definition) is 8. The number of carbonyl (C=O) groups excluding carboxylic acids is 3. The van der Waals surface area contributed by atoms with Crippen LogP contribution in [-0.4, -0.2) is 53.7 Å². The quantitative estimate of drug-likeness (QED) is 0.548. The number of carbonyl (C=O) groups is 3. The zero-order valence-corrected chi connectivity index (χ0v) is 11.7. The summed E-state index contributed by atoms with van der Waals surface area (Å²) >= 11 is 0. The molecule has 0 aromatic carbocycles. The lowest BCUT2D eigenvalue weighted by Crippen LogP contribution is -2.60. The van der Waals surface area contributed by atoms with Crippen molar-refractivity contribution in [3.63, 3.8) is 0 Å². The van der Waals surface area contributed by atoms with Crippen LogP contribution in [0.2, 0.25) is 0 Å². The van der Waals surface area contributed by atoms with Crippen molar-refractivity contribution in [2.75, 3.05) is 0 Å². The highest BCUT2D eigenvalue weighted by Crippen LogP contribution is 2.27. The molecule has 0 aliphatic carbocycles. The third kappa shape index (κ3) is 4.17. The molecule has 0 saturated carbocycles. The van der Waals surface area contributed by atoms with Crippen LogP contribution in [0.4, 0.5) is 0 Å². The Labute approximate surface area is 115 Å². The van der Waals surface area contributed by atoms with Crippen LogP contribution in [0.1, 0.15) is 27.7 Å². The van der Waals surface area contributed by atoms with Crippen LogP contribution in [0.15, 0.2) is 0 Å². The molecule has 20 heavy (non-hydrogen) atoms. The molecule has 1 aliphatic rings. The minimum absolute atomic E-state index is 0.655. The average molecular weight is 290 g/mol. The molecule has 0 bridgehead atoms. The van der Waals surface area contributed by atoms with Crippen molar-refractivity contribution in [2.24, 2.45) is 0 Å². The fourth-order valence-corrected chi connectivity index (χ4v) is 1.89. The van der Waals surface area contributed by atoms with Crippen LogP contribution in [0.5, 0.6) is 0 Å². The Morgan fingerprint density at radius 3 is 1.80 bits per heavy atom. The van der Waals surface area contributed by atoms with Gasteiger partial charge < -0.3 is 24.1 Å². The average Bonchev–Trinajstić information content (AvgIpc) is 2.28. The zero-order valence-electron chi connectivity index (χ0n) is 11.7. The Morgan fingerprint density at radius 1 is 0.900 bits per heavy atom. The second-order valence-corrected chi connectivity index (χ2v) is 4.46. The molecule has 0 spiro atoms. The van der Waals surface area contributed by atoms with E-state index >= 15 is 0 Å². The van der Waals surface area contributed by atoms with Gasteiger partial charge in [0.05, 0.1) is 6.10 Å². The van der Waals surface area contributed by atoms with Gasteiger partial charge in [-0.3, -0.25) is 14.4 Å². The largest absolute Gasteiger partial charge is 0.455 e. The van der Waals surface area contributed by atoms with E-state index in [2.05, 4.69) is 0 Å². The van der Waals surface area contributed by atoms with Crippen LogP contribution in [0.3, 0.4) is 0 Å². The highest BCUT2D eigenvalue weighted by molar-refractivity contribution is 5.68. The van der Waals surface area contributed by atoms with Crippen molar-refractivity contribution in [2.45, 2.75) is 58.4 Å². The van der Waals surface area contributed by atoms with Crippen molar-refractivity contribution in [1.82, 2.24) is 0 Å². The summed E-state index contributed by atoms with van der Waals surface area (Å²) in [5.41, 5.74) is 0. The molecule has 1 fully saturated rings. The second kappa shape index (κ2) is 6.67. The van der Waals surface area contributed by atoms with E-state index in [1.807, 2.05) is 0 Å². The first kappa shape index (κ1) is 16.4. The SMILES string of the molecule is CC(=O)OC1OC(C)C(O)C(OC(C)=O)C1OC(C)=O. The molecule has 5 unspecified atom stereocenters. The van der Waals surface area contributed by atoms with E-state index in [0.29, 0.717) is 0 Å². The van der Waals surface area contributed by atoms with E-state index < -0.39 is 48.6 Å². The Hall–Kier alpha value is -1.67. The van der Waals surface area contributed by atoms with Gasteiger partial charge in [0.2, 0.25) is 12.4 Å². The molecule has 114 valence electrons. The van der Waals surface area contributed by atoms with Crippen molar-refractivity contribution in [3.8, 4) is 0 Å². The van der Waals surface area contributed by atoms with E-state index in [9.17, 15) is 19.5 Å². The first-order valence-corrected chi connectivity index (χ1v) is 6.07. The Kier molecular flexibility index (Phi) is 5.46. The van der Waals surface area contributed by atoms with Gasteiger partial charge in [-0.25, -0.2) is 0 Å². The van der Waals surface area contributed by atoms with Crippen molar-refractivity contribution >= 4 is 17.9 Å². The molecule has 0 aromatic heterocycles. The van der Waals surface area contributed by atoms with Crippen molar-refractivity contribution in [1.29, 1.82) is 0 Å². The van der Waals surface area contributed by atoms with E-state index in [1.54, 1.807) is 0 Å². The van der Waals surface area contributed by atoms with Gasteiger partial charge in [-0.05, 0) is 6.92 Å². The van der Waals surface area contributed by atoms with Crippen molar-refractivity contribution < 1.29 is 38.4 Å². The van der Waals surface area contributed by atoms with E-state index in [1.165, 1.54) is 6.92 Å². The topological polar surface area (TPSA) is 108 Å². The summed E-state index contributed by atoms with van der Waals surface area (Å²) in [6, 6.07) is 0. The van der Waals surface area contributed by atoms with Crippen LogP contribution in [0.25, 0.3) is 0 Å². The second-order valence-electron chi connectivity index (χ2n) is 4.46. The standard InChI is InChI=1S/C12H18O8/c1-5-9(16)10(18-6(2)13)11(19-7(3)14)12(17-5)20-8(4)15/h5,9-12,16H,1-4H3. The molecule has 1 aliphatic heterocycles. The predicted octanol–water partition coefficient (Wildman–Crippen LogP) is -0.481. The van der Waals surface area contributed by atoms with Gasteiger partial charge in [-0.1, -0.05) is 0 Å². The third-order valence-electron chi connectivity index (χ3n) is 2.64. The lowest BCUT2D eigenvalue weighted by Gasteiger charge is -2.41. The highest BCUT2D eigenvalue weighted by Gasteiger charge is 2.49. The molecule has 0 amide bonds. The molecule has 0 aromatic rings. The van der Waals surface area contributed by atoms with Gasteiger partial charge in [-0.15, -0.1) is 0 Å². The number of aliphatic hydroxyl groups excluding tert-OH is 1. The van der Waals surface area contributed by atoms with Crippen molar-refractivity contribution in [3.05, 3.63) is 0 Å². The predicted molar refractivity (Wildman–Crippen MR) is 63.2 cm³/mol. The number of hydrogen-bond donors (Lipinski definition) is 1. The van der Waals surface area contributed by atoms with Gasteiger partial charge in [0.25, 0.3) is 0 Å². The lowest BCUT2D eigenvalue weighted by molar-refractivity contribution is -0.290. The Morgan fingerprint density at radius 2 is 1.35 bits per heavy atom. The summed E-state index contributed by atoms with van der Waals surface area (Å²) in [5, 5.41) is 9.99. The highest BCUT2D eigenvalue weighted by atomic mass is 16.7. The van der Waals surface area contributed by atoms with Crippen LogP contribution >= 0.6 is 0 Å². The van der Waals surface area contributed by atoms with Crippen LogP contribution in [-0.2, 0) is 33.3 Å². The molecule has 1 rings (SSSR count). The normalized spacial score (nSPS) is 33.1. The summed E-state index contributed by atoms with van der Waals surface area (Å²) in [6.45, 7) is 4.96. The zero-order chi connectivity index (χ0) is 15.4. The van der Waals surface area contributed by atoms with E-state index in [0.717, 1.165) is 20.8 Å². The maximum Gasteiger partial charge on any atom is 0.305 e. The van der Waals surface area contributed by atoms with Crippen LogP contribution < -0.4 is 0 Å². The lowest BCUT2D eigenvalue weighted by atomic mass is 9.99. The number of esters is 3. The molecule has 1 N–H and O–H groups in total. The number of rotatable bonds is 3. The summed E-state index contributed by atoms with van der Waals surface area (Å²) < 4.78 is 20.1. The maximum atomic E-state index is 11.1. The molecular weight excluding hydrogens is 272 g/mol. The molecule has 0 radical (unpaired) electrons. The fourth-order valence-electron chi connectivity index (χ4n) is 1.89. The third-order valence-corrected chi connectivity index (χ3v) is 2.64. The molecule has 8 heteroatoms. The van der Waals surface area contributed by atoms with Gasteiger partial charge in [0, 0.05) is 20.8 Å². The minimum Gasteiger partial charge on any atom is -0.455 e. The smallest absolute Gasteiger partial charge is 0.305 e. The summed E-state index contributed by atoms with van der Waals surface area (Å²) in [5.74, 6) is -2.01. The first-order chi connectivity index (χ1) is 9.22. The molecule has 1 saturated heterocycles.